The van der Waals surface area contributed by atoms with Gasteiger partial charge in [0.05, 0.1) is 9.82 Å². The summed E-state index contributed by atoms with van der Waals surface area (Å²) in [6, 6.07) is 6.04. The number of carbonyl (C=O) groups is 1. The molecular weight excluding hydrogens is 266 g/mol. The summed E-state index contributed by atoms with van der Waals surface area (Å²) in [6.07, 6.45) is 2.17. The first-order valence-corrected chi connectivity index (χ1v) is 6.13. The van der Waals surface area contributed by atoms with Gasteiger partial charge in [0.25, 0.3) is 5.69 Å². The van der Waals surface area contributed by atoms with Crippen molar-refractivity contribution in [1.82, 2.24) is 9.97 Å². The molecule has 1 heterocycles. The number of hydrogen-bond donors (Lipinski definition) is 0. The summed E-state index contributed by atoms with van der Waals surface area (Å²) in [5.74, 6) is 0. The van der Waals surface area contributed by atoms with Gasteiger partial charge in [0.15, 0.2) is 5.16 Å². The molecule has 7 heteroatoms. The van der Waals surface area contributed by atoms with Crippen molar-refractivity contribution in [3.63, 3.8) is 0 Å². The van der Waals surface area contributed by atoms with Crippen molar-refractivity contribution in [3.05, 3.63) is 51.8 Å². The number of aldehydes is 1. The van der Waals surface area contributed by atoms with Gasteiger partial charge in [-0.2, -0.15) is 0 Å². The lowest BCUT2D eigenvalue weighted by Crippen LogP contribution is -1.94. The molecule has 0 fully saturated rings. The number of aryl methyl sites for hydroxylation is 1. The highest BCUT2D eigenvalue weighted by Gasteiger charge is 2.16. The molecule has 0 aliphatic carbocycles. The highest BCUT2D eigenvalue weighted by atomic mass is 32.2. The summed E-state index contributed by atoms with van der Waals surface area (Å²) in [7, 11) is 0. The highest BCUT2D eigenvalue weighted by molar-refractivity contribution is 7.99. The average molecular weight is 275 g/mol. The minimum Gasteiger partial charge on any atom is -0.298 e. The summed E-state index contributed by atoms with van der Waals surface area (Å²) >= 11 is 1.10. The third-order valence-electron chi connectivity index (χ3n) is 2.29. The van der Waals surface area contributed by atoms with Crippen molar-refractivity contribution in [2.24, 2.45) is 0 Å². The minimum absolute atomic E-state index is 0.125. The molecule has 6 nitrogen and oxygen atoms in total. The van der Waals surface area contributed by atoms with Gasteiger partial charge < -0.3 is 0 Å². The maximum Gasteiger partial charge on any atom is 0.284 e. The van der Waals surface area contributed by atoms with Gasteiger partial charge in [-0.15, -0.1) is 0 Å². The standard InChI is InChI=1S/C12H9N3O3S/c1-8-4-5-13-12(14-8)19-11-3-2-9(7-16)6-10(11)15(17)18/h2-7H,1H3. The molecule has 0 spiro atoms. The molecule has 0 radical (unpaired) electrons. The van der Waals surface area contributed by atoms with Gasteiger partial charge in [0, 0.05) is 23.5 Å². The molecule has 0 unspecified atom stereocenters. The number of benzene rings is 1. The van der Waals surface area contributed by atoms with Crippen molar-refractivity contribution in [1.29, 1.82) is 0 Å². The van der Waals surface area contributed by atoms with Gasteiger partial charge in [-0.25, -0.2) is 9.97 Å². The molecular formula is C12H9N3O3S. The highest BCUT2D eigenvalue weighted by Crippen LogP contribution is 2.33. The van der Waals surface area contributed by atoms with Gasteiger partial charge in [-0.05, 0) is 30.8 Å². The molecule has 0 aliphatic heterocycles. The van der Waals surface area contributed by atoms with E-state index in [-0.39, 0.29) is 11.3 Å². The van der Waals surface area contributed by atoms with Crippen LogP contribution in [0.1, 0.15) is 16.1 Å². The smallest absolute Gasteiger partial charge is 0.284 e. The van der Waals surface area contributed by atoms with Crippen LogP contribution in [0.15, 0.2) is 40.5 Å². The van der Waals surface area contributed by atoms with Crippen molar-refractivity contribution in [2.45, 2.75) is 17.0 Å². The van der Waals surface area contributed by atoms with Gasteiger partial charge in [-0.3, -0.25) is 14.9 Å². The zero-order valence-corrected chi connectivity index (χ0v) is 10.8. The van der Waals surface area contributed by atoms with Crippen LogP contribution in [0.25, 0.3) is 0 Å². The van der Waals surface area contributed by atoms with E-state index in [0.29, 0.717) is 16.3 Å². The topological polar surface area (TPSA) is 86.0 Å². The number of aromatic nitrogens is 2. The molecule has 0 saturated heterocycles. The van der Waals surface area contributed by atoms with E-state index < -0.39 is 4.92 Å². The van der Waals surface area contributed by atoms with E-state index in [1.165, 1.54) is 18.2 Å². The van der Waals surface area contributed by atoms with Crippen LogP contribution in [-0.2, 0) is 0 Å². The molecule has 0 aliphatic rings. The monoisotopic (exact) mass is 275 g/mol. The van der Waals surface area contributed by atoms with E-state index in [1.807, 2.05) is 6.92 Å². The lowest BCUT2D eigenvalue weighted by Gasteiger charge is -2.02. The Morgan fingerprint density at radius 3 is 2.79 bits per heavy atom. The third-order valence-corrected chi connectivity index (χ3v) is 3.23. The van der Waals surface area contributed by atoms with Gasteiger partial charge in [0.1, 0.15) is 6.29 Å². The minimum atomic E-state index is -0.523. The molecule has 0 saturated carbocycles. The van der Waals surface area contributed by atoms with E-state index >= 15 is 0 Å². The SMILES string of the molecule is Cc1ccnc(Sc2ccc(C=O)cc2[N+](=O)[O-])n1. The van der Waals surface area contributed by atoms with Crippen LogP contribution in [-0.4, -0.2) is 21.2 Å². The third kappa shape index (κ3) is 3.14. The molecule has 0 amide bonds. The first-order valence-electron chi connectivity index (χ1n) is 5.31. The summed E-state index contributed by atoms with van der Waals surface area (Å²) < 4.78 is 0. The summed E-state index contributed by atoms with van der Waals surface area (Å²) in [5, 5.41) is 11.4. The van der Waals surface area contributed by atoms with E-state index in [0.717, 1.165) is 17.5 Å². The van der Waals surface area contributed by atoms with E-state index in [9.17, 15) is 14.9 Å². The molecule has 1 aromatic carbocycles. The van der Waals surface area contributed by atoms with Crippen molar-refractivity contribution in [3.8, 4) is 0 Å². The molecule has 2 rings (SSSR count). The zero-order chi connectivity index (χ0) is 13.8. The van der Waals surface area contributed by atoms with Crippen LogP contribution in [0, 0.1) is 17.0 Å². The first-order chi connectivity index (χ1) is 9.10. The summed E-state index contributed by atoms with van der Waals surface area (Å²) in [5.41, 5.74) is 0.922. The van der Waals surface area contributed by atoms with Crippen LogP contribution in [0.2, 0.25) is 0 Å². The van der Waals surface area contributed by atoms with Crippen LogP contribution in [0.4, 0.5) is 5.69 Å². The molecule has 2 aromatic rings. The van der Waals surface area contributed by atoms with Gasteiger partial charge in [0.2, 0.25) is 0 Å². The van der Waals surface area contributed by atoms with Crippen molar-refractivity contribution in [2.75, 3.05) is 0 Å². The lowest BCUT2D eigenvalue weighted by atomic mass is 10.2. The van der Waals surface area contributed by atoms with E-state index in [2.05, 4.69) is 9.97 Å². The fourth-order valence-electron chi connectivity index (χ4n) is 1.41. The Balaban J connectivity index is 2.39. The van der Waals surface area contributed by atoms with Crippen molar-refractivity contribution < 1.29 is 9.72 Å². The maximum absolute atomic E-state index is 11.0. The van der Waals surface area contributed by atoms with Crippen LogP contribution in [0.3, 0.4) is 0 Å². The number of rotatable bonds is 4. The molecule has 0 atom stereocenters. The van der Waals surface area contributed by atoms with Gasteiger partial charge in [-0.1, -0.05) is 6.07 Å². The Hall–Kier alpha value is -2.28. The molecule has 19 heavy (non-hydrogen) atoms. The Labute approximate surface area is 113 Å². The maximum atomic E-state index is 11.0. The van der Waals surface area contributed by atoms with E-state index in [1.54, 1.807) is 12.3 Å². The largest absolute Gasteiger partial charge is 0.298 e. The Morgan fingerprint density at radius 2 is 2.16 bits per heavy atom. The number of carbonyl (C=O) groups excluding carboxylic acids is 1. The second kappa shape index (κ2) is 5.57. The number of nitrogens with zero attached hydrogens (tertiary/aromatic N) is 3. The van der Waals surface area contributed by atoms with Gasteiger partial charge >= 0.3 is 0 Å². The molecule has 0 bridgehead atoms. The number of nitro benzene ring substituents is 1. The van der Waals surface area contributed by atoms with Crippen molar-refractivity contribution >= 4 is 23.7 Å². The predicted molar refractivity (Wildman–Crippen MR) is 69.4 cm³/mol. The zero-order valence-electron chi connectivity index (χ0n) is 9.94. The Morgan fingerprint density at radius 1 is 1.37 bits per heavy atom. The molecule has 1 aromatic heterocycles. The summed E-state index contributed by atoms with van der Waals surface area (Å²) in [6.45, 7) is 1.82. The fourth-order valence-corrected chi connectivity index (χ4v) is 2.28. The number of hydrogen-bond acceptors (Lipinski definition) is 6. The molecule has 0 N–H and O–H groups in total. The second-order valence-corrected chi connectivity index (χ2v) is 4.69. The first kappa shape index (κ1) is 13.2. The second-order valence-electron chi connectivity index (χ2n) is 3.68. The van der Waals surface area contributed by atoms with E-state index in [4.69, 9.17) is 0 Å². The van der Waals surface area contributed by atoms with Crippen LogP contribution >= 0.6 is 11.8 Å². The Kier molecular flexibility index (Phi) is 3.86. The normalized spacial score (nSPS) is 10.2. The summed E-state index contributed by atoms with van der Waals surface area (Å²) in [4.78, 5) is 29.7. The quantitative estimate of drug-likeness (QED) is 0.369. The fraction of sp³-hybridized carbons (Fsp3) is 0.0833. The molecule has 96 valence electrons. The predicted octanol–water partition coefficient (Wildman–Crippen LogP) is 2.66. The lowest BCUT2D eigenvalue weighted by molar-refractivity contribution is -0.387. The Bertz CT molecular complexity index is 646. The average Bonchev–Trinajstić information content (AvgIpc) is 2.39. The van der Waals surface area contributed by atoms with Crippen LogP contribution < -0.4 is 0 Å². The van der Waals surface area contributed by atoms with Crippen LogP contribution in [0.5, 0.6) is 0 Å². The number of nitro groups is 1.